The lowest BCUT2D eigenvalue weighted by molar-refractivity contribution is 0.552. The number of hydrogen-bond acceptors (Lipinski definition) is 3. The lowest BCUT2D eigenvalue weighted by Crippen LogP contribution is -2.40. The van der Waals surface area contributed by atoms with Crippen molar-refractivity contribution in [2.24, 2.45) is 0 Å². The zero-order chi connectivity index (χ0) is 14.6. The highest BCUT2D eigenvalue weighted by molar-refractivity contribution is 7.90. The van der Waals surface area contributed by atoms with Crippen molar-refractivity contribution in [3.05, 3.63) is 35.9 Å². The molecule has 2 rings (SSSR count). The predicted octanol–water partition coefficient (Wildman–Crippen LogP) is 1.85. The highest BCUT2D eigenvalue weighted by Crippen LogP contribution is 2.19. The van der Waals surface area contributed by atoms with Crippen molar-refractivity contribution in [1.82, 2.24) is 10.0 Å². The van der Waals surface area contributed by atoms with Crippen LogP contribution >= 0.6 is 0 Å². The average Bonchev–Trinajstić information content (AvgIpc) is 3.27. The molecule has 0 aromatic heterocycles. The van der Waals surface area contributed by atoms with Gasteiger partial charge in [-0.15, -0.1) is 0 Å². The molecule has 20 heavy (non-hydrogen) atoms. The fourth-order valence-electron chi connectivity index (χ4n) is 2.01. The molecule has 1 aromatic carbocycles. The van der Waals surface area contributed by atoms with E-state index >= 15 is 0 Å². The molecule has 1 fully saturated rings. The van der Waals surface area contributed by atoms with Gasteiger partial charge in [0.15, 0.2) is 0 Å². The van der Waals surface area contributed by atoms with Crippen LogP contribution in [0.1, 0.15) is 38.2 Å². The van der Waals surface area contributed by atoms with Crippen LogP contribution in [-0.4, -0.2) is 32.8 Å². The van der Waals surface area contributed by atoms with Crippen molar-refractivity contribution in [3.63, 3.8) is 0 Å². The Morgan fingerprint density at radius 1 is 1.15 bits per heavy atom. The first-order valence-electron chi connectivity index (χ1n) is 7.26. The maximum Gasteiger partial charge on any atom is 0.215 e. The second kappa shape index (κ2) is 6.70. The van der Waals surface area contributed by atoms with Crippen molar-refractivity contribution in [2.45, 2.75) is 43.9 Å². The van der Waals surface area contributed by atoms with Crippen molar-refractivity contribution in [3.8, 4) is 0 Å². The van der Waals surface area contributed by atoms with Gasteiger partial charge in [-0.2, -0.15) is 0 Å². The van der Waals surface area contributed by atoms with Crippen molar-refractivity contribution in [2.75, 3.05) is 13.1 Å². The van der Waals surface area contributed by atoms with Crippen molar-refractivity contribution >= 4 is 10.0 Å². The molecule has 2 unspecified atom stereocenters. The molecule has 0 heterocycles. The minimum atomic E-state index is -3.24. The molecule has 2 atom stereocenters. The van der Waals surface area contributed by atoms with Crippen LogP contribution in [0.4, 0.5) is 0 Å². The predicted molar refractivity (Wildman–Crippen MR) is 82.3 cm³/mol. The molecule has 0 bridgehead atoms. The van der Waals surface area contributed by atoms with Crippen LogP contribution in [0.25, 0.3) is 0 Å². The van der Waals surface area contributed by atoms with Crippen LogP contribution in [0.3, 0.4) is 0 Å². The van der Waals surface area contributed by atoms with Crippen LogP contribution < -0.4 is 10.0 Å². The summed E-state index contributed by atoms with van der Waals surface area (Å²) in [5.74, 6) is 0.176. The summed E-state index contributed by atoms with van der Waals surface area (Å²) in [6.07, 6.45) is 2.34. The van der Waals surface area contributed by atoms with E-state index in [4.69, 9.17) is 0 Å². The molecular weight excluding hydrogens is 272 g/mol. The van der Waals surface area contributed by atoms with Gasteiger partial charge in [-0.25, -0.2) is 13.1 Å². The van der Waals surface area contributed by atoms with Crippen LogP contribution in [0, 0.1) is 0 Å². The maximum absolute atomic E-state index is 12.1. The van der Waals surface area contributed by atoms with E-state index < -0.39 is 15.3 Å². The van der Waals surface area contributed by atoms with Crippen LogP contribution in [-0.2, 0) is 10.0 Å². The van der Waals surface area contributed by atoms with E-state index in [9.17, 15) is 8.42 Å². The van der Waals surface area contributed by atoms with Gasteiger partial charge in [0, 0.05) is 19.1 Å². The van der Waals surface area contributed by atoms with E-state index in [1.54, 1.807) is 6.92 Å². The van der Waals surface area contributed by atoms with Crippen LogP contribution in [0.5, 0.6) is 0 Å². The number of sulfonamides is 1. The van der Waals surface area contributed by atoms with Crippen LogP contribution in [0.15, 0.2) is 30.3 Å². The molecule has 0 spiro atoms. The molecule has 1 aliphatic rings. The largest absolute Gasteiger partial charge is 0.313 e. The van der Waals surface area contributed by atoms with Gasteiger partial charge < -0.3 is 5.32 Å². The molecule has 0 aliphatic heterocycles. The molecule has 4 nitrogen and oxygen atoms in total. The Balaban J connectivity index is 1.81. The summed E-state index contributed by atoms with van der Waals surface area (Å²) >= 11 is 0. The molecule has 112 valence electrons. The van der Waals surface area contributed by atoms with Gasteiger partial charge in [0.05, 0.1) is 5.25 Å². The van der Waals surface area contributed by atoms with Crippen molar-refractivity contribution < 1.29 is 8.42 Å². The molecule has 2 N–H and O–H groups in total. The molecule has 1 aliphatic carbocycles. The molecule has 0 radical (unpaired) electrons. The Morgan fingerprint density at radius 2 is 1.80 bits per heavy atom. The smallest absolute Gasteiger partial charge is 0.215 e. The highest BCUT2D eigenvalue weighted by atomic mass is 32.2. The molecular formula is C15H24N2O2S. The fraction of sp³-hybridized carbons (Fsp3) is 0.600. The molecule has 0 amide bonds. The minimum absolute atomic E-state index is 0.176. The molecule has 1 aromatic rings. The van der Waals surface area contributed by atoms with Gasteiger partial charge in [0.25, 0.3) is 0 Å². The summed E-state index contributed by atoms with van der Waals surface area (Å²) < 4.78 is 27.0. The van der Waals surface area contributed by atoms with E-state index in [1.165, 1.54) is 12.8 Å². The number of nitrogens with one attached hydrogen (secondary N) is 2. The van der Waals surface area contributed by atoms with Gasteiger partial charge in [-0.3, -0.25) is 0 Å². The second-order valence-corrected chi connectivity index (χ2v) is 7.88. The summed E-state index contributed by atoms with van der Waals surface area (Å²) in [4.78, 5) is 0. The average molecular weight is 296 g/mol. The number of rotatable bonds is 8. The summed E-state index contributed by atoms with van der Waals surface area (Å²) in [6, 6.07) is 10.5. The zero-order valence-electron chi connectivity index (χ0n) is 12.2. The fourth-order valence-corrected chi connectivity index (χ4v) is 3.10. The second-order valence-electron chi connectivity index (χ2n) is 5.70. The maximum atomic E-state index is 12.1. The van der Waals surface area contributed by atoms with Gasteiger partial charge in [-0.1, -0.05) is 37.3 Å². The number of hydrogen-bond donors (Lipinski definition) is 2. The van der Waals surface area contributed by atoms with Gasteiger partial charge >= 0.3 is 0 Å². The van der Waals surface area contributed by atoms with Gasteiger partial charge in [0.2, 0.25) is 10.0 Å². The first-order valence-corrected chi connectivity index (χ1v) is 8.80. The van der Waals surface area contributed by atoms with Crippen molar-refractivity contribution in [1.29, 1.82) is 0 Å². The number of benzene rings is 1. The molecule has 1 saturated carbocycles. The monoisotopic (exact) mass is 296 g/mol. The minimum Gasteiger partial charge on any atom is -0.313 e. The summed E-state index contributed by atoms with van der Waals surface area (Å²) in [6.45, 7) is 4.76. The third kappa shape index (κ3) is 4.58. The van der Waals surface area contributed by atoms with E-state index in [2.05, 4.69) is 10.0 Å². The molecule has 0 saturated heterocycles. The van der Waals surface area contributed by atoms with Gasteiger partial charge in [-0.05, 0) is 31.2 Å². The first kappa shape index (κ1) is 15.5. The quantitative estimate of drug-likeness (QED) is 0.770. The van der Waals surface area contributed by atoms with Gasteiger partial charge in [0.1, 0.15) is 0 Å². The third-order valence-electron chi connectivity index (χ3n) is 3.76. The first-order chi connectivity index (χ1) is 9.49. The SMILES string of the molecule is CC(CNS(=O)(=O)C(C)CNC1CC1)c1ccccc1. The Morgan fingerprint density at radius 3 is 2.40 bits per heavy atom. The van der Waals surface area contributed by atoms with E-state index in [0.717, 1.165) is 5.56 Å². The Hall–Kier alpha value is -0.910. The molecule has 5 heteroatoms. The summed E-state index contributed by atoms with van der Waals surface area (Å²) in [5, 5.41) is 2.87. The third-order valence-corrected chi connectivity index (χ3v) is 5.56. The van der Waals surface area contributed by atoms with E-state index in [1.807, 2.05) is 37.3 Å². The zero-order valence-corrected chi connectivity index (χ0v) is 13.0. The van der Waals surface area contributed by atoms with Crippen LogP contribution in [0.2, 0.25) is 0 Å². The highest BCUT2D eigenvalue weighted by Gasteiger charge is 2.25. The Bertz CT molecular complexity index is 512. The normalized spacial score (nSPS) is 18.7. The topological polar surface area (TPSA) is 58.2 Å². The lowest BCUT2D eigenvalue weighted by atomic mass is 10.0. The summed E-state index contributed by atoms with van der Waals surface area (Å²) in [7, 11) is -3.24. The van der Waals surface area contributed by atoms with E-state index in [0.29, 0.717) is 19.1 Å². The Labute approximate surface area is 122 Å². The van der Waals surface area contributed by atoms with E-state index in [-0.39, 0.29) is 5.92 Å². The Kier molecular flexibility index (Phi) is 5.18. The lowest BCUT2D eigenvalue weighted by Gasteiger charge is -2.17. The summed E-state index contributed by atoms with van der Waals surface area (Å²) in [5.41, 5.74) is 1.15. The standard InChI is InChI=1S/C15H24N2O2S/c1-12(14-6-4-3-5-7-14)10-17-20(18,19)13(2)11-16-15-8-9-15/h3-7,12-13,15-17H,8-11H2,1-2H3.